The van der Waals surface area contributed by atoms with Crippen molar-refractivity contribution in [3.05, 3.63) is 70.1 Å². The lowest BCUT2D eigenvalue weighted by molar-refractivity contribution is -0.115. The molecule has 2 N–H and O–H groups in total. The Hall–Kier alpha value is -3.10. The number of amides is 1. The predicted molar refractivity (Wildman–Crippen MR) is 123 cm³/mol. The second-order valence-electron chi connectivity index (χ2n) is 6.88. The van der Waals surface area contributed by atoms with E-state index in [9.17, 15) is 13.2 Å². The molecular weight excluding hydrogens is 438 g/mol. The number of sulfonamides is 1. The van der Waals surface area contributed by atoms with Crippen LogP contribution < -0.4 is 10.0 Å². The largest absolute Gasteiger partial charge is 0.354 e. The molecule has 1 heterocycles. The highest BCUT2D eigenvalue weighted by atomic mass is 35.5. The fourth-order valence-electron chi connectivity index (χ4n) is 2.76. The second-order valence-corrected chi connectivity index (χ2v) is 8.99. The minimum atomic E-state index is -3.75. The quantitative estimate of drug-likeness (QED) is 0.501. The average Bonchev–Trinajstić information content (AvgIpc) is 3.08. The number of aromatic nitrogens is 1. The smallest absolute Gasteiger partial charge is 0.261 e. The Bertz CT molecular complexity index is 1230. The molecule has 3 aromatic rings. The lowest BCUT2D eigenvalue weighted by atomic mass is 10.2. The van der Waals surface area contributed by atoms with E-state index in [1.165, 1.54) is 12.1 Å². The summed E-state index contributed by atoms with van der Waals surface area (Å²) in [5.41, 5.74) is 3.04. The molecule has 0 aliphatic carbocycles. The predicted octanol–water partition coefficient (Wildman–Crippen LogP) is 5.26. The van der Waals surface area contributed by atoms with E-state index in [2.05, 4.69) is 15.2 Å². The first kappa shape index (κ1) is 22.6. The number of anilines is 2. The molecular formula is C22H22ClN3O4S. The van der Waals surface area contributed by atoms with E-state index in [4.69, 9.17) is 16.1 Å². The number of hydrogen-bond acceptors (Lipinski definition) is 5. The number of hydrogen-bond donors (Lipinski definition) is 2. The van der Waals surface area contributed by atoms with Crippen molar-refractivity contribution in [2.75, 3.05) is 10.0 Å². The molecule has 0 saturated carbocycles. The molecule has 0 aliphatic rings. The third-order valence-corrected chi connectivity index (χ3v) is 6.14. The molecule has 162 valence electrons. The molecule has 0 fully saturated rings. The van der Waals surface area contributed by atoms with E-state index >= 15 is 0 Å². The molecule has 9 heteroatoms. The van der Waals surface area contributed by atoms with Crippen molar-refractivity contribution in [3.63, 3.8) is 0 Å². The van der Waals surface area contributed by atoms with Crippen LogP contribution in [0.2, 0.25) is 5.02 Å². The fourth-order valence-corrected chi connectivity index (χ4v) is 4.11. The van der Waals surface area contributed by atoms with E-state index in [1.54, 1.807) is 63.3 Å². The number of nitrogens with zero attached hydrogens (tertiary/aromatic N) is 1. The van der Waals surface area contributed by atoms with Gasteiger partial charge < -0.3 is 9.84 Å². The average molecular weight is 460 g/mol. The minimum absolute atomic E-state index is 0.130. The summed E-state index contributed by atoms with van der Waals surface area (Å²) in [6.45, 7) is 5.27. The summed E-state index contributed by atoms with van der Waals surface area (Å²) in [6, 6.07) is 11.3. The van der Waals surface area contributed by atoms with Gasteiger partial charge in [0.2, 0.25) is 5.91 Å². The SMILES string of the molecule is CCC(=O)Nc1c(C)noc1/C=C\c1ccc(S(=O)(=O)Nc2ccc(Cl)cc2C)cc1. The Labute approximate surface area is 186 Å². The number of aryl methyl sites for hydroxylation is 2. The molecule has 0 bridgehead atoms. The summed E-state index contributed by atoms with van der Waals surface area (Å²) in [5, 5.41) is 7.18. The third-order valence-electron chi connectivity index (χ3n) is 4.52. The van der Waals surface area contributed by atoms with Gasteiger partial charge in [-0.15, -0.1) is 0 Å². The molecule has 0 spiro atoms. The van der Waals surface area contributed by atoms with Gasteiger partial charge in [-0.05, 0) is 61.4 Å². The van der Waals surface area contributed by atoms with Gasteiger partial charge >= 0.3 is 0 Å². The van der Waals surface area contributed by atoms with Crippen LogP contribution >= 0.6 is 11.6 Å². The molecule has 0 aliphatic heterocycles. The maximum Gasteiger partial charge on any atom is 0.261 e. The van der Waals surface area contributed by atoms with Crippen LogP contribution in [-0.4, -0.2) is 19.5 Å². The molecule has 0 atom stereocenters. The van der Waals surface area contributed by atoms with Gasteiger partial charge in [-0.2, -0.15) is 0 Å². The summed E-state index contributed by atoms with van der Waals surface area (Å²) < 4.78 is 33.2. The van der Waals surface area contributed by atoms with Gasteiger partial charge in [0, 0.05) is 11.4 Å². The minimum Gasteiger partial charge on any atom is -0.354 e. The van der Waals surface area contributed by atoms with Gasteiger partial charge in [0.15, 0.2) is 5.76 Å². The van der Waals surface area contributed by atoms with Crippen LogP contribution in [0.4, 0.5) is 11.4 Å². The maximum absolute atomic E-state index is 12.7. The van der Waals surface area contributed by atoms with Crippen molar-refractivity contribution in [2.45, 2.75) is 32.1 Å². The van der Waals surface area contributed by atoms with Crippen LogP contribution in [0.5, 0.6) is 0 Å². The van der Waals surface area contributed by atoms with Crippen LogP contribution in [0, 0.1) is 13.8 Å². The van der Waals surface area contributed by atoms with Crippen LogP contribution in [0.3, 0.4) is 0 Å². The van der Waals surface area contributed by atoms with E-state index in [0.29, 0.717) is 34.3 Å². The molecule has 0 unspecified atom stereocenters. The molecule has 0 radical (unpaired) electrons. The number of halogens is 1. The Kier molecular flexibility index (Phi) is 6.82. The monoisotopic (exact) mass is 459 g/mol. The molecule has 0 saturated heterocycles. The number of benzene rings is 2. The van der Waals surface area contributed by atoms with Crippen LogP contribution in [-0.2, 0) is 14.8 Å². The van der Waals surface area contributed by atoms with Crippen LogP contribution in [0.1, 0.15) is 35.9 Å². The van der Waals surface area contributed by atoms with E-state index in [0.717, 1.165) is 11.1 Å². The maximum atomic E-state index is 12.7. The molecule has 1 amide bonds. The highest BCUT2D eigenvalue weighted by molar-refractivity contribution is 7.92. The first-order valence-corrected chi connectivity index (χ1v) is 11.4. The number of carbonyl (C=O) groups excluding carboxylic acids is 1. The molecule has 7 nitrogen and oxygen atoms in total. The topological polar surface area (TPSA) is 101 Å². The van der Waals surface area contributed by atoms with Gasteiger partial charge in [-0.3, -0.25) is 9.52 Å². The lowest BCUT2D eigenvalue weighted by Crippen LogP contribution is -2.13. The summed E-state index contributed by atoms with van der Waals surface area (Å²) in [5.74, 6) is 0.273. The Morgan fingerprint density at radius 1 is 1.13 bits per heavy atom. The van der Waals surface area contributed by atoms with Gasteiger partial charge in [0.1, 0.15) is 11.4 Å². The summed E-state index contributed by atoms with van der Waals surface area (Å²) >= 11 is 5.92. The number of carbonyl (C=O) groups is 1. The first-order chi connectivity index (χ1) is 14.7. The molecule has 2 aromatic carbocycles. The normalized spacial score (nSPS) is 11.6. The van der Waals surface area contributed by atoms with Crippen molar-refractivity contribution in [1.29, 1.82) is 0 Å². The van der Waals surface area contributed by atoms with Crippen molar-refractivity contribution in [1.82, 2.24) is 5.16 Å². The standard InChI is InChI=1S/C22H22ClN3O4S/c1-4-21(27)24-22-15(3)25-30-20(22)12-7-16-5-9-18(10-6-16)31(28,29)26-19-11-8-17(23)13-14(19)2/h5-13,26H,4H2,1-3H3,(H,24,27)/b12-7-. The zero-order valence-corrected chi connectivity index (χ0v) is 18.8. The van der Waals surface area contributed by atoms with Crippen LogP contribution in [0.15, 0.2) is 51.9 Å². The first-order valence-electron chi connectivity index (χ1n) is 9.53. The third kappa shape index (κ3) is 5.53. The Balaban J connectivity index is 1.77. The lowest BCUT2D eigenvalue weighted by Gasteiger charge is -2.11. The highest BCUT2D eigenvalue weighted by Crippen LogP contribution is 2.25. The van der Waals surface area contributed by atoms with Gasteiger partial charge in [0.05, 0.1) is 10.6 Å². The van der Waals surface area contributed by atoms with E-state index in [1.807, 2.05) is 0 Å². The summed E-state index contributed by atoms with van der Waals surface area (Å²) in [7, 11) is -3.75. The number of nitrogens with one attached hydrogen (secondary N) is 2. The van der Waals surface area contributed by atoms with Crippen molar-refractivity contribution < 1.29 is 17.7 Å². The zero-order chi connectivity index (χ0) is 22.6. The molecule has 3 rings (SSSR count). The van der Waals surface area contributed by atoms with Gasteiger partial charge in [-0.1, -0.05) is 41.9 Å². The Morgan fingerprint density at radius 2 is 1.84 bits per heavy atom. The second kappa shape index (κ2) is 9.36. The molecule has 31 heavy (non-hydrogen) atoms. The van der Waals surface area contributed by atoms with Gasteiger partial charge in [-0.25, -0.2) is 8.42 Å². The molecule has 1 aromatic heterocycles. The summed E-state index contributed by atoms with van der Waals surface area (Å²) in [6.07, 6.45) is 3.76. The number of rotatable bonds is 7. The van der Waals surface area contributed by atoms with E-state index in [-0.39, 0.29) is 10.8 Å². The fraction of sp³-hybridized carbons (Fsp3) is 0.182. The van der Waals surface area contributed by atoms with E-state index < -0.39 is 10.0 Å². The highest BCUT2D eigenvalue weighted by Gasteiger charge is 2.16. The van der Waals surface area contributed by atoms with Crippen molar-refractivity contribution >= 4 is 51.1 Å². The van der Waals surface area contributed by atoms with Crippen molar-refractivity contribution in [2.24, 2.45) is 0 Å². The van der Waals surface area contributed by atoms with Gasteiger partial charge in [0.25, 0.3) is 10.0 Å². The van der Waals surface area contributed by atoms with Crippen LogP contribution in [0.25, 0.3) is 12.2 Å². The Morgan fingerprint density at radius 3 is 2.48 bits per heavy atom. The summed E-state index contributed by atoms with van der Waals surface area (Å²) in [4.78, 5) is 11.8. The zero-order valence-electron chi connectivity index (χ0n) is 17.3. The van der Waals surface area contributed by atoms with Crippen molar-refractivity contribution in [3.8, 4) is 0 Å².